The standard InChI is InChI=1S/C14H13NO3.C2H4O/c1-9-13(14(17)18)12(16)8-11(15(9)2)10-6-4-3-5-7-10;1-2-3-1/h3-8H,1-2H3,(H,17,18);1-2H2. The number of nitrogens with zero attached hydrogens (tertiary/aromatic N) is 1. The summed E-state index contributed by atoms with van der Waals surface area (Å²) in [7, 11) is 1.75. The number of rotatable bonds is 2. The van der Waals surface area contributed by atoms with Crippen molar-refractivity contribution in [2.45, 2.75) is 6.92 Å². The van der Waals surface area contributed by atoms with Crippen LogP contribution in [0.2, 0.25) is 0 Å². The van der Waals surface area contributed by atoms with E-state index < -0.39 is 11.4 Å². The SMILES string of the molecule is C1CO1.Cc1c(C(=O)O)c(=O)cc(-c2ccccc2)n1C. The molecule has 1 aliphatic heterocycles. The number of carboxylic acids is 1. The van der Waals surface area contributed by atoms with Crippen LogP contribution in [-0.2, 0) is 11.8 Å². The van der Waals surface area contributed by atoms with E-state index in [0.29, 0.717) is 11.4 Å². The van der Waals surface area contributed by atoms with Gasteiger partial charge in [-0.2, -0.15) is 0 Å². The fraction of sp³-hybridized carbons (Fsp3) is 0.250. The van der Waals surface area contributed by atoms with Gasteiger partial charge in [0.1, 0.15) is 5.56 Å². The number of ether oxygens (including phenoxy) is 1. The maximum atomic E-state index is 11.8. The van der Waals surface area contributed by atoms with Crippen molar-refractivity contribution in [2.24, 2.45) is 7.05 Å². The van der Waals surface area contributed by atoms with E-state index in [1.54, 1.807) is 18.5 Å². The van der Waals surface area contributed by atoms with Gasteiger partial charge in [-0.25, -0.2) is 4.79 Å². The molecule has 0 bridgehead atoms. The van der Waals surface area contributed by atoms with Crippen LogP contribution in [0.15, 0.2) is 41.2 Å². The second kappa shape index (κ2) is 6.37. The first kappa shape index (κ1) is 15.0. The van der Waals surface area contributed by atoms with Crippen LogP contribution in [0.4, 0.5) is 0 Å². The lowest BCUT2D eigenvalue weighted by molar-refractivity contribution is 0.0693. The van der Waals surface area contributed by atoms with E-state index in [0.717, 1.165) is 18.8 Å². The molecule has 1 aromatic heterocycles. The average molecular weight is 287 g/mol. The van der Waals surface area contributed by atoms with Crippen molar-refractivity contribution < 1.29 is 14.6 Å². The van der Waals surface area contributed by atoms with E-state index in [1.165, 1.54) is 6.07 Å². The lowest BCUT2D eigenvalue weighted by Gasteiger charge is -2.13. The summed E-state index contributed by atoms with van der Waals surface area (Å²) in [5.74, 6) is -1.19. The van der Waals surface area contributed by atoms with Crippen LogP contribution in [0, 0.1) is 6.92 Å². The highest BCUT2D eigenvalue weighted by Gasteiger charge is 2.16. The summed E-state index contributed by atoms with van der Waals surface area (Å²) < 4.78 is 6.22. The lowest BCUT2D eigenvalue weighted by atomic mass is 10.1. The van der Waals surface area contributed by atoms with Gasteiger partial charge in [-0.3, -0.25) is 4.79 Å². The smallest absolute Gasteiger partial charge is 0.341 e. The highest BCUT2D eigenvalue weighted by atomic mass is 16.6. The van der Waals surface area contributed by atoms with Gasteiger partial charge < -0.3 is 14.4 Å². The molecular formula is C16H17NO4. The van der Waals surface area contributed by atoms with Gasteiger partial charge in [0, 0.05) is 18.8 Å². The molecule has 1 N–H and O–H groups in total. The zero-order valence-electron chi connectivity index (χ0n) is 12.0. The molecule has 3 rings (SSSR count). The van der Waals surface area contributed by atoms with Crippen molar-refractivity contribution in [1.82, 2.24) is 4.57 Å². The molecule has 5 nitrogen and oxygen atoms in total. The van der Waals surface area contributed by atoms with Gasteiger partial charge >= 0.3 is 5.97 Å². The van der Waals surface area contributed by atoms with E-state index in [9.17, 15) is 9.59 Å². The zero-order chi connectivity index (χ0) is 15.4. The molecule has 0 amide bonds. The largest absolute Gasteiger partial charge is 0.477 e. The summed E-state index contributed by atoms with van der Waals surface area (Å²) in [4.78, 5) is 22.9. The molecule has 1 saturated heterocycles. The van der Waals surface area contributed by atoms with Crippen molar-refractivity contribution in [3.8, 4) is 11.3 Å². The van der Waals surface area contributed by atoms with Crippen LogP contribution >= 0.6 is 0 Å². The van der Waals surface area contributed by atoms with Gasteiger partial charge in [0.2, 0.25) is 0 Å². The van der Waals surface area contributed by atoms with Crippen LogP contribution in [0.1, 0.15) is 16.1 Å². The Hall–Kier alpha value is -2.40. The summed E-state index contributed by atoms with van der Waals surface area (Å²) in [6.07, 6.45) is 0. The van der Waals surface area contributed by atoms with Gasteiger partial charge in [0.15, 0.2) is 5.43 Å². The molecule has 0 saturated carbocycles. The molecule has 1 aliphatic rings. The van der Waals surface area contributed by atoms with Gasteiger partial charge in [-0.15, -0.1) is 0 Å². The molecule has 0 unspecified atom stereocenters. The van der Waals surface area contributed by atoms with Crippen LogP contribution in [0.5, 0.6) is 0 Å². The highest BCUT2D eigenvalue weighted by Crippen LogP contribution is 2.19. The van der Waals surface area contributed by atoms with Gasteiger partial charge in [-0.1, -0.05) is 30.3 Å². The van der Waals surface area contributed by atoms with Gasteiger partial charge in [-0.05, 0) is 12.5 Å². The molecule has 0 aliphatic carbocycles. The second-order valence-corrected chi connectivity index (χ2v) is 4.70. The van der Waals surface area contributed by atoms with E-state index in [1.807, 2.05) is 30.3 Å². The Kier molecular flexibility index (Phi) is 4.55. The fourth-order valence-electron chi connectivity index (χ4n) is 1.97. The first-order chi connectivity index (χ1) is 10.0. The van der Waals surface area contributed by atoms with E-state index >= 15 is 0 Å². The quantitative estimate of drug-likeness (QED) is 0.858. The first-order valence-electron chi connectivity index (χ1n) is 6.59. The Bertz CT molecular complexity index is 699. The van der Waals surface area contributed by atoms with Crippen molar-refractivity contribution >= 4 is 5.97 Å². The van der Waals surface area contributed by atoms with Gasteiger partial charge in [0.25, 0.3) is 0 Å². The molecular weight excluding hydrogens is 270 g/mol. The molecule has 0 radical (unpaired) electrons. The van der Waals surface area contributed by atoms with Crippen molar-refractivity contribution in [3.05, 3.63) is 57.9 Å². The van der Waals surface area contributed by atoms with Gasteiger partial charge in [0.05, 0.1) is 18.9 Å². The number of aromatic carboxylic acids is 1. The molecule has 5 heteroatoms. The maximum absolute atomic E-state index is 11.8. The zero-order valence-corrected chi connectivity index (χ0v) is 12.0. The highest BCUT2D eigenvalue weighted by molar-refractivity contribution is 5.89. The molecule has 0 spiro atoms. The average Bonchev–Trinajstić information content (AvgIpc) is 3.32. The van der Waals surface area contributed by atoms with Crippen LogP contribution < -0.4 is 5.43 Å². The molecule has 0 atom stereocenters. The minimum Gasteiger partial charge on any atom is -0.477 e. The lowest BCUT2D eigenvalue weighted by Crippen LogP contribution is -2.21. The van der Waals surface area contributed by atoms with Crippen molar-refractivity contribution in [1.29, 1.82) is 0 Å². The summed E-state index contributed by atoms with van der Waals surface area (Å²) in [5.41, 5.74) is 1.42. The third-order valence-corrected chi connectivity index (χ3v) is 3.23. The fourth-order valence-corrected chi connectivity index (χ4v) is 1.97. The summed E-state index contributed by atoms with van der Waals surface area (Å²) >= 11 is 0. The predicted octanol–water partition coefficient (Wildman–Crippen LogP) is 2.08. The first-order valence-corrected chi connectivity index (χ1v) is 6.59. The van der Waals surface area contributed by atoms with Crippen LogP contribution in [-0.4, -0.2) is 28.9 Å². The maximum Gasteiger partial charge on any atom is 0.341 e. The second-order valence-electron chi connectivity index (χ2n) is 4.70. The van der Waals surface area contributed by atoms with E-state index in [-0.39, 0.29) is 5.56 Å². The minimum atomic E-state index is -1.19. The molecule has 21 heavy (non-hydrogen) atoms. The summed E-state index contributed by atoms with van der Waals surface area (Å²) in [6.45, 7) is 3.64. The monoisotopic (exact) mass is 287 g/mol. The van der Waals surface area contributed by atoms with Crippen LogP contribution in [0.3, 0.4) is 0 Å². The Morgan fingerprint density at radius 2 is 1.81 bits per heavy atom. The molecule has 2 heterocycles. The number of aromatic nitrogens is 1. The Labute approximate surface area is 122 Å². The number of hydrogen-bond donors (Lipinski definition) is 1. The number of carbonyl (C=O) groups is 1. The molecule has 110 valence electrons. The van der Waals surface area contributed by atoms with Crippen molar-refractivity contribution in [2.75, 3.05) is 13.2 Å². The van der Waals surface area contributed by atoms with E-state index in [4.69, 9.17) is 5.11 Å². The Morgan fingerprint density at radius 3 is 2.29 bits per heavy atom. The third kappa shape index (κ3) is 3.58. The van der Waals surface area contributed by atoms with Crippen LogP contribution in [0.25, 0.3) is 11.3 Å². The summed E-state index contributed by atoms with van der Waals surface area (Å²) in [6, 6.07) is 10.8. The normalized spacial score (nSPS) is 12.3. The topological polar surface area (TPSA) is 71.8 Å². The number of epoxide rings is 1. The number of hydrogen-bond acceptors (Lipinski definition) is 3. The van der Waals surface area contributed by atoms with Crippen molar-refractivity contribution in [3.63, 3.8) is 0 Å². The summed E-state index contributed by atoms with van der Waals surface area (Å²) in [5, 5.41) is 9.02. The molecule has 2 aromatic rings. The number of carboxylic acid groups (broad SMARTS) is 1. The number of benzene rings is 1. The molecule has 1 aromatic carbocycles. The minimum absolute atomic E-state index is 0.169. The predicted molar refractivity (Wildman–Crippen MR) is 79.6 cm³/mol. The molecule has 1 fully saturated rings. The number of pyridine rings is 1. The Morgan fingerprint density at radius 1 is 1.24 bits per heavy atom. The van der Waals surface area contributed by atoms with E-state index in [2.05, 4.69) is 4.74 Å². The Balaban J connectivity index is 0.000000477. The third-order valence-electron chi connectivity index (χ3n) is 3.23.